The number of nitrogens with zero attached hydrogens (tertiary/aromatic N) is 2. The maximum Gasteiger partial charge on any atom is 0.137 e. The Labute approximate surface area is 182 Å². The summed E-state index contributed by atoms with van der Waals surface area (Å²) in [6, 6.07) is 19.8. The van der Waals surface area contributed by atoms with E-state index in [1.165, 1.54) is 5.56 Å². The zero-order chi connectivity index (χ0) is 22.0. The van der Waals surface area contributed by atoms with Gasteiger partial charge in [-0.2, -0.15) is 5.11 Å². The first-order valence-corrected chi connectivity index (χ1v) is 10.7. The van der Waals surface area contributed by atoms with Crippen LogP contribution in [0.25, 0.3) is 11.5 Å². The van der Waals surface area contributed by atoms with Gasteiger partial charge in [0.1, 0.15) is 11.5 Å². The molecule has 1 N–H and O–H groups in total. The average Bonchev–Trinajstić information content (AvgIpc) is 2.82. The second kappa shape index (κ2) is 8.64. The number of aryl methyl sites for hydroxylation is 1. The molecule has 1 aliphatic rings. The van der Waals surface area contributed by atoms with E-state index in [-0.39, 0.29) is 0 Å². The lowest BCUT2D eigenvalue weighted by Crippen LogP contribution is -2.33. The van der Waals surface area contributed by atoms with Gasteiger partial charge in [0.05, 0.1) is 0 Å². The predicted octanol–water partition coefficient (Wildman–Crippen LogP) is 3.91. The summed E-state index contributed by atoms with van der Waals surface area (Å²) in [5.41, 5.74) is 12.3. The number of nitrogens with one attached hydrogen (secondary N) is 1. The van der Waals surface area contributed by atoms with Gasteiger partial charge in [0.15, 0.2) is 0 Å². The van der Waals surface area contributed by atoms with E-state index in [1.54, 1.807) is 12.1 Å². The molecule has 5 nitrogen and oxygen atoms in total. The van der Waals surface area contributed by atoms with E-state index >= 15 is 0 Å². The highest BCUT2D eigenvalue weighted by Crippen LogP contribution is 2.44. The molecule has 1 aliphatic heterocycles. The molecule has 0 unspecified atom stereocenters. The lowest BCUT2D eigenvalue weighted by molar-refractivity contribution is -0.251. The number of hydrogen-bond donors (Lipinski definition) is 1. The minimum atomic E-state index is -0.553. The van der Waals surface area contributed by atoms with Gasteiger partial charge in [-0.05, 0) is 54.5 Å². The second-order valence-corrected chi connectivity index (χ2v) is 7.48. The van der Waals surface area contributed by atoms with Gasteiger partial charge < -0.3 is 14.7 Å². The van der Waals surface area contributed by atoms with E-state index in [0.717, 1.165) is 58.6 Å². The van der Waals surface area contributed by atoms with Crippen LogP contribution in [0.5, 0.6) is 11.5 Å². The van der Waals surface area contributed by atoms with Crippen molar-refractivity contribution in [1.82, 2.24) is 0 Å². The van der Waals surface area contributed by atoms with Crippen molar-refractivity contribution >= 4 is 17.1 Å². The van der Waals surface area contributed by atoms with Crippen molar-refractivity contribution in [3.05, 3.63) is 87.8 Å². The van der Waals surface area contributed by atoms with Crippen molar-refractivity contribution in [3.8, 4) is 11.5 Å². The van der Waals surface area contributed by atoms with Gasteiger partial charge in [-0.25, -0.2) is 5.53 Å². The van der Waals surface area contributed by atoms with Crippen LogP contribution in [0, 0.1) is 5.53 Å². The average molecular weight is 413 g/mol. The van der Waals surface area contributed by atoms with E-state index < -0.39 is 5.88 Å². The third-order valence-electron chi connectivity index (χ3n) is 5.84. The fraction of sp³-hybridized carbons (Fsp3) is 0.231. The number of rotatable bonds is 5. The Morgan fingerprint density at radius 1 is 0.935 bits per heavy atom. The molecule has 0 aromatic heterocycles. The Hall–Kier alpha value is -3.60. The molecule has 4 rings (SSSR count). The SMILES string of the molecule is CCc1ccc2c(c1)Oc1cc(N(CC)CC)ccc1C2=c1ccccc1=C([O-])N=N. The molecule has 0 amide bonds. The van der Waals surface area contributed by atoms with E-state index in [9.17, 15) is 5.11 Å². The predicted molar refractivity (Wildman–Crippen MR) is 122 cm³/mol. The van der Waals surface area contributed by atoms with Crippen molar-refractivity contribution in [1.29, 1.82) is 5.53 Å². The molecule has 3 aromatic carbocycles. The van der Waals surface area contributed by atoms with Gasteiger partial charge >= 0.3 is 0 Å². The fourth-order valence-electron chi connectivity index (χ4n) is 4.17. The molecule has 0 atom stereocenters. The quantitative estimate of drug-likeness (QED) is 0.505. The molecule has 0 saturated heterocycles. The van der Waals surface area contributed by atoms with E-state index in [0.29, 0.717) is 5.22 Å². The van der Waals surface area contributed by atoms with Crippen LogP contribution in [0.3, 0.4) is 0 Å². The molecule has 0 aliphatic carbocycles. The van der Waals surface area contributed by atoms with Crippen LogP contribution in [0.2, 0.25) is 0 Å². The first-order valence-electron chi connectivity index (χ1n) is 10.7. The minimum absolute atomic E-state index is 0.415. The Bertz CT molecular complexity index is 1260. The first kappa shape index (κ1) is 20.7. The summed E-state index contributed by atoms with van der Waals surface area (Å²) >= 11 is 0. The summed E-state index contributed by atoms with van der Waals surface area (Å²) in [6.45, 7) is 8.20. The van der Waals surface area contributed by atoms with Crippen molar-refractivity contribution in [2.75, 3.05) is 18.0 Å². The highest BCUT2D eigenvalue weighted by Gasteiger charge is 2.24. The zero-order valence-corrected chi connectivity index (χ0v) is 18.1. The number of anilines is 1. The van der Waals surface area contributed by atoms with Gasteiger partial charge in [0.25, 0.3) is 0 Å². The number of fused-ring (bicyclic) bond motifs is 2. The van der Waals surface area contributed by atoms with Crippen LogP contribution in [-0.2, 0) is 6.42 Å². The molecule has 0 bridgehead atoms. The molecule has 0 spiro atoms. The number of ether oxygens (including phenoxy) is 1. The van der Waals surface area contributed by atoms with Gasteiger partial charge in [0.2, 0.25) is 0 Å². The third kappa shape index (κ3) is 3.67. The smallest absolute Gasteiger partial charge is 0.137 e. The van der Waals surface area contributed by atoms with Crippen LogP contribution in [-0.4, -0.2) is 13.1 Å². The zero-order valence-electron chi connectivity index (χ0n) is 18.1. The lowest BCUT2D eigenvalue weighted by Gasteiger charge is -2.27. The minimum Gasteiger partial charge on any atom is -0.857 e. The molecule has 31 heavy (non-hydrogen) atoms. The monoisotopic (exact) mass is 412 g/mol. The molecule has 0 fully saturated rings. The van der Waals surface area contributed by atoms with Crippen LogP contribution in [0.1, 0.15) is 37.5 Å². The largest absolute Gasteiger partial charge is 0.857 e. The van der Waals surface area contributed by atoms with Crippen LogP contribution in [0.4, 0.5) is 5.69 Å². The normalized spacial score (nSPS) is 14.8. The Morgan fingerprint density at radius 3 is 2.29 bits per heavy atom. The van der Waals surface area contributed by atoms with Crippen molar-refractivity contribution in [2.45, 2.75) is 27.2 Å². The molecule has 158 valence electrons. The van der Waals surface area contributed by atoms with E-state index in [1.807, 2.05) is 12.1 Å². The van der Waals surface area contributed by atoms with Crippen molar-refractivity contribution in [2.24, 2.45) is 5.11 Å². The molecule has 0 saturated carbocycles. The maximum atomic E-state index is 12.4. The highest BCUT2D eigenvalue weighted by molar-refractivity contribution is 5.88. The van der Waals surface area contributed by atoms with Crippen LogP contribution < -0.4 is 25.2 Å². The van der Waals surface area contributed by atoms with Crippen LogP contribution >= 0.6 is 0 Å². The van der Waals surface area contributed by atoms with Crippen molar-refractivity contribution < 1.29 is 9.84 Å². The van der Waals surface area contributed by atoms with Gasteiger partial charge in [-0.3, -0.25) is 0 Å². The summed E-state index contributed by atoms with van der Waals surface area (Å²) in [4.78, 5) is 2.28. The number of benzene rings is 3. The number of hydrogen-bond acceptors (Lipinski definition) is 5. The molecule has 5 heteroatoms. The third-order valence-corrected chi connectivity index (χ3v) is 5.84. The van der Waals surface area contributed by atoms with E-state index in [4.69, 9.17) is 10.3 Å². The van der Waals surface area contributed by atoms with Gasteiger partial charge in [-0.1, -0.05) is 43.3 Å². The van der Waals surface area contributed by atoms with Gasteiger partial charge in [-0.15, -0.1) is 0 Å². The maximum absolute atomic E-state index is 12.4. The summed E-state index contributed by atoms with van der Waals surface area (Å²) in [6.07, 6.45) is 0.908. The van der Waals surface area contributed by atoms with Crippen molar-refractivity contribution in [3.63, 3.8) is 0 Å². The van der Waals surface area contributed by atoms with E-state index in [2.05, 4.69) is 67.2 Å². The summed E-state index contributed by atoms with van der Waals surface area (Å²) < 4.78 is 6.39. The Morgan fingerprint density at radius 2 is 1.61 bits per heavy atom. The second-order valence-electron chi connectivity index (χ2n) is 7.48. The first-order chi connectivity index (χ1) is 15.1. The lowest BCUT2D eigenvalue weighted by atomic mass is 9.90. The Balaban J connectivity index is 2.10. The summed E-state index contributed by atoms with van der Waals surface area (Å²) in [5, 5.41) is 16.8. The molecule has 3 aromatic rings. The Kier molecular flexibility index (Phi) is 5.76. The molecule has 0 radical (unpaired) electrons. The fourth-order valence-corrected chi connectivity index (χ4v) is 4.17. The van der Waals surface area contributed by atoms with Crippen LogP contribution in [0.15, 0.2) is 65.8 Å². The molecule has 1 heterocycles. The molecular formula is C26H26N3O2-. The highest BCUT2D eigenvalue weighted by atomic mass is 16.5. The molecular weight excluding hydrogens is 386 g/mol. The topological polar surface area (TPSA) is 71.7 Å². The summed E-state index contributed by atoms with van der Waals surface area (Å²) in [7, 11) is 0. The summed E-state index contributed by atoms with van der Waals surface area (Å²) in [5.74, 6) is 0.997. The van der Waals surface area contributed by atoms with Gasteiger partial charge in [0, 0.05) is 47.4 Å². The standard InChI is InChI=1S/C26H27N3O2/c1-4-17-11-13-21-23(15-17)31-24-16-18(29(5-2)6-3)12-14-22(24)25(21)19-9-7-8-10-20(19)26(30)28-27/h7-16,27,30H,4-6H2,1-3H3/p-1.